The van der Waals surface area contributed by atoms with Gasteiger partial charge in [0.05, 0.1) is 12.2 Å². The van der Waals surface area contributed by atoms with Gasteiger partial charge in [-0.2, -0.15) is 0 Å². The average Bonchev–Trinajstić information content (AvgIpc) is 3.01. The molecule has 0 radical (unpaired) electrons. The van der Waals surface area contributed by atoms with E-state index in [0.717, 1.165) is 37.7 Å². The first-order valence-corrected chi connectivity index (χ1v) is 6.54. The fraction of sp³-hybridized carbons (Fsp3) is 1.00. The maximum Gasteiger partial charge on any atom is 0.0882 e. The van der Waals surface area contributed by atoms with Crippen molar-refractivity contribution in [2.24, 2.45) is 11.8 Å². The van der Waals surface area contributed by atoms with Crippen molar-refractivity contribution >= 4 is 0 Å². The maximum atomic E-state index is 10.4. The topological polar surface area (TPSA) is 29.5 Å². The van der Waals surface area contributed by atoms with Gasteiger partial charge >= 0.3 is 0 Å². The molecule has 0 bridgehead atoms. The molecule has 2 saturated carbocycles. The molecule has 0 heterocycles. The lowest BCUT2D eigenvalue weighted by molar-refractivity contribution is -0.0826. The highest BCUT2D eigenvalue weighted by Crippen LogP contribution is 2.46. The summed E-state index contributed by atoms with van der Waals surface area (Å²) in [5.41, 5.74) is -0.499. The summed E-state index contributed by atoms with van der Waals surface area (Å²) in [6.45, 7) is 3.46. The van der Waals surface area contributed by atoms with E-state index in [0.29, 0.717) is 6.61 Å². The van der Waals surface area contributed by atoms with Crippen LogP contribution in [0.1, 0.15) is 51.9 Å². The average molecular weight is 212 g/mol. The molecule has 0 aromatic carbocycles. The molecule has 0 aliphatic heterocycles. The van der Waals surface area contributed by atoms with Crippen LogP contribution < -0.4 is 0 Å². The summed E-state index contributed by atoms with van der Waals surface area (Å²) in [7, 11) is 0. The van der Waals surface area contributed by atoms with Crippen LogP contribution in [0, 0.1) is 11.8 Å². The van der Waals surface area contributed by atoms with E-state index in [1.165, 1.54) is 25.7 Å². The highest BCUT2D eigenvalue weighted by molar-refractivity contribution is 4.92. The minimum atomic E-state index is -0.499. The smallest absolute Gasteiger partial charge is 0.0882 e. The van der Waals surface area contributed by atoms with E-state index in [1.807, 2.05) is 0 Å². The molecule has 0 saturated heterocycles. The van der Waals surface area contributed by atoms with Gasteiger partial charge in [-0.25, -0.2) is 0 Å². The Hall–Kier alpha value is -0.0800. The van der Waals surface area contributed by atoms with Gasteiger partial charge in [0, 0.05) is 6.61 Å². The van der Waals surface area contributed by atoms with Gasteiger partial charge in [0.2, 0.25) is 0 Å². The van der Waals surface area contributed by atoms with E-state index in [4.69, 9.17) is 4.74 Å². The predicted octanol–water partition coefficient (Wildman–Crippen LogP) is 2.74. The van der Waals surface area contributed by atoms with Gasteiger partial charge in [0.15, 0.2) is 0 Å². The van der Waals surface area contributed by atoms with Gasteiger partial charge < -0.3 is 9.84 Å². The second-order valence-corrected chi connectivity index (χ2v) is 5.47. The van der Waals surface area contributed by atoms with Crippen LogP contribution in [0.2, 0.25) is 0 Å². The van der Waals surface area contributed by atoms with E-state index in [1.54, 1.807) is 0 Å². The second kappa shape index (κ2) is 4.84. The Bertz CT molecular complexity index is 201. The van der Waals surface area contributed by atoms with Crippen LogP contribution in [0.5, 0.6) is 0 Å². The van der Waals surface area contributed by atoms with E-state index in [2.05, 4.69) is 6.92 Å². The Labute approximate surface area is 93.0 Å². The first kappa shape index (κ1) is 11.4. The summed E-state index contributed by atoms with van der Waals surface area (Å²) in [5.74, 6) is 1.72. The van der Waals surface area contributed by atoms with Gasteiger partial charge in [-0.05, 0) is 50.4 Å². The van der Waals surface area contributed by atoms with Gasteiger partial charge in [0.25, 0.3) is 0 Å². The Morgan fingerprint density at radius 1 is 1.27 bits per heavy atom. The summed E-state index contributed by atoms with van der Waals surface area (Å²) in [4.78, 5) is 0. The first-order chi connectivity index (χ1) is 7.23. The molecule has 1 N–H and O–H groups in total. The Morgan fingerprint density at radius 2 is 2.07 bits per heavy atom. The lowest BCUT2D eigenvalue weighted by Crippen LogP contribution is -2.40. The van der Waals surface area contributed by atoms with Crippen molar-refractivity contribution in [3.8, 4) is 0 Å². The van der Waals surface area contributed by atoms with Crippen LogP contribution in [-0.4, -0.2) is 23.9 Å². The third kappa shape index (κ3) is 3.18. The summed E-state index contributed by atoms with van der Waals surface area (Å²) >= 11 is 0. The molecule has 2 aliphatic rings. The highest BCUT2D eigenvalue weighted by atomic mass is 16.5. The fourth-order valence-corrected chi connectivity index (χ4v) is 2.89. The van der Waals surface area contributed by atoms with Crippen LogP contribution in [0.4, 0.5) is 0 Å². The normalized spacial score (nSPS) is 36.8. The molecule has 2 rings (SSSR count). The largest absolute Gasteiger partial charge is 0.387 e. The van der Waals surface area contributed by atoms with Gasteiger partial charge in [-0.15, -0.1) is 0 Å². The summed E-state index contributed by atoms with van der Waals surface area (Å²) in [6, 6.07) is 0. The van der Waals surface area contributed by atoms with Crippen molar-refractivity contribution < 1.29 is 9.84 Å². The minimum absolute atomic E-state index is 0.499. The van der Waals surface area contributed by atoms with Crippen LogP contribution in [0.3, 0.4) is 0 Å². The van der Waals surface area contributed by atoms with Gasteiger partial charge in [-0.1, -0.05) is 13.3 Å². The third-order valence-corrected chi connectivity index (χ3v) is 3.87. The van der Waals surface area contributed by atoms with Crippen LogP contribution >= 0.6 is 0 Å². The number of hydrogen-bond donors (Lipinski definition) is 1. The third-order valence-electron chi connectivity index (χ3n) is 3.87. The van der Waals surface area contributed by atoms with E-state index >= 15 is 0 Å². The Kier molecular flexibility index (Phi) is 3.68. The molecule has 88 valence electrons. The molecule has 2 unspecified atom stereocenters. The van der Waals surface area contributed by atoms with Crippen LogP contribution in [0.25, 0.3) is 0 Å². The van der Waals surface area contributed by atoms with Crippen molar-refractivity contribution in [1.29, 1.82) is 0 Å². The van der Waals surface area contributed by atoms with Crippen molar-refractivity contribution in [2.45, 2.75) is 57.5 Å². The number of hydrogen-bond acceptors (Lipinski definition) is 2. The first-order valence-electron chi connectivity index (χ1n) is 6.54. The number of ether oxygens (including phenoxy) is 1. The molecule has 15 heavy (non-hydrogen) atoms. The molecule has 0 aromatic heterocycles. The number of aliphatic hydroxyl groups is 1. The van der Waals surface area contributed by atoms with Crippen LogP contribution in [0.15, 0.2) is 0 Å². The summed E-state index contributed by atoms with van der Waals surface area (Å²) in [5, 5.41) is 10.4. The zero-order valence-corrected chi connectivity index (χ0v) is 9.87. The second-order valence-electron chi connectivity index (χ2n) is 5.47. The molecular formula is C13H24O2. The molecular weight excluding hydrogens is 188 g/mol. The van der Waals surface area contributed by atoms with E-state index < -0.39 is 5.60 Å². The van der Waals surface area contributed by atoms with Gasteiger partial charge in [0.1, 0.15) is 0 Å². The Morgan fingerprint density at radius 3 is 2.73 bits per heavy atom. The van der Waals surface area contributed by atoms with Crippen LogP contribution in [-0.2, 0) is 4.74 Å². The molecule has 2 nitrogen and oxygen atoms in total. The van der Waals surface area contributed by atoms with Crippen molar-refractivity contribution in [2.75, 3.05) is 13.2 Å². The molecule has 2 fully saturated rings. The molecule has 0 spiro atoms. The lowest BCUT2D eigenvalue weighted by Gasteiger charge is -2.36. The van der Waals surface area contributed by atoms with E-state index in [-0.39, 0.29) is 0 Å². The fourth-order valence-electron chi connectivity index (χ4n) is 2.89. The monoisotopic (exact) mass is 212 g/mol. The molecule has 2 aliphatic carbocycles. The quantitative estimate of drug-likeness (QED) is 0.710. The predicted molar refractivity (Wildman–Crippen MR) is 60.7 cm³/mol. The Balaban J connectivity index is 1.78. The standard InChI is InChI=1S/C13H24O2/c1-2-8-15-10-13(14)7-3-4-12(9-13)11-5-6-11/h11-12,14H,2-10H2,1H3. The maximum absolute atomic E-state index is 10.4. The zero-order chi connectivity index (χ0) is 10.7. The minimum Gasteiger partial charge on any atom is -0.387 e. The SMILES string of the molecule is CCCOCC1(O)CCCC(C2CC2)C1. The van der Waals surface area contributed by atoms with Crippen molar-refractivity contribution in [3.63, 3.8) is 0 Å². The number of rotatable bonds is 5. The molecule has 0 aromatic rings. The van der Waals surface area contributed by atoms with Crippen molar-refractivity contribution in [3.05, 3.63) is 0 Å². The molecule has 2 heteroatoms. The lowest BCUT2D eigenvalue weighted by atomic mass is 9.76. The van der Waals surface area contributed by atoms with E-state index in [9.17, 15) is 5.11 Å². The summed E-state index contributed by atoms with van der Waals surface area (Å²) in [6.07, 6.45) is 8.30. The zero-order valence-electron chi connectivity index (χ0n) is 9.87. The summed E-state index contributed by atoms with van der Waals surface area (Å²) < 4.78 is 5.52. The molecule has 2 atom stereocenters. The highest BCUT2D eigenvalue weighted by Gasteiger charge is 2.40. The van der Waals surface area contributed by atoms with Gasteiger partial charge in [-0.3, -0.25) is 0 Å². The van der Waals surface area contributed by atoms with Crippen molar-refractivity contribution in [1.82, 2.24) is 0 Å². The molecule has 0 amide bonds.